The van der Waals surface area contributed by atoms with Gasteiger partial charge in [-0.15, -0.1) is 0 Å². The molecule has 0 unspecified atom stereocenters. The Hall–Kier alpha value is -2.51. The number of hydrogen-bond donors (Lipinski definition) is 1. The second-order valence-electron chi connectivity index (χ2n) is 4.93. The monoisotopic (exact) mass is 347 g/mol. The van der Waals surface area contributed by atoms with Gasteiger partial charge >= 0.3 is 12.4 Å². The maximum Gasteiger partial charge on any atom is 0.416 e. The zero-order valence-corrected chi connectivity index (χ0v) is 11.9. The van der Waals surface area contributed by atoms with Gasteiger partial charge in [0.05, 0.1) is 5.56 Å². The molecule has 1 N–H and O–H groups in total. The first-order chi connectivity index (χ1) is 11.1. The van der Waals surface area contributed by atoms with Crippen LogP contribution >= 0.6 is 0 Å². The molecule has 0 aliphatic carbocycles. The van der Waals surface area contributed by atoms with Crippen LogP contribution in [0.3, 0.4) is 0 Å². The SMILES string of the molecule is O=C(N[C@@H](c1ccccc1)C(F)(F)F)c1ccc(C(F)(F)F)cc1. The van der Waals surface area contributed by atoms with E-state index in [2.05, 4.69) is 0 Å². The van der Waals surface area contributed by atoms with Gasteiger partial charge in [0.1, 0.15) is 0 Å². The fraction of sp³-hybridized carbons (Fsp3) is 0.188. The summed E-state index contributed by atoms with van der Waals surface area (Å²) in [5.41, 5.74) is -1.46. The summed E-state index contributed by atoms with van der Waals surface area (Å²) in [5.74, 6) is -1.12. The zero-order chi connectivity index (χ0) is 18.0. The Labute approximate surface area is 133 Å². The summed E-state index contributed by atoms with van der Waals surface area (Å²) in [4.78, 5) is 11.9. The van der Waals surface area contributed by atoms with Crippen LogP contribution in [0.1, 0.15) is 27.5 Å². The molecule has 0 aliphatic rings. The molecular weight excluding hydrogens is 336 g/mol. The minimum absolute atomic E-state index is 0.176. The lowest BCUT2D eigenvalue weighted by Gasteiger charge is -2.22. The second-order valence-corrected chi connectivity index (χ2v) is 4.93. The molecule has 2 aromatic rings. The van der Waals surface area contributed by atoms with Gasteiger partial charge in [0.15, 0.2) is 6.04 Å². The number of carbonyl (C=O) groups is 1. The molecule has 0 fully saturated rings. The molecule has 2 rings (SSSR count). The van der Waals surface area contributed by atoms with Gasteiger partial charge in [-0.3, -0.25) is 4.79 Å². The highest BCUT2D eigenvalue weighted by Crippen LogP contribution is 2.33. The first-order valence-electron chi connectivity index (χ1n) is 6.69. The predicted molar refractivity (Wildman–Crippen MR) is 74.1 cm³/mol. The Morgan fingerprint density at radius 1 is 0.833 bits per heavy atom. The Balaban J connectivity index is 2.22. The molecule has 1 amide bonds. The average molecular weight is 347 g/mol. The van der Waals surface area contributed by atoms with Crippen molar-refractivity contribution < 1.29 is 31.1 Å². The van der Waals surface area contributed by atoms with E-state index >= 15 is 0 Å². The molecule has 0 heterocycles. The average Bonchev–Trinajstić information content (AvgIpc) is 2.51. The van der Waals surface area contributed by atoms with Crippen molar-refractivity contribution in [2.75, 3.05) is 0 Å². The lowest BCUT2D eigenvalue weighted by Crippen LogP contribution is -2.38. The first kappa shape index (κ1) is 17.8. The van der Waals surface area contributed by atoms with Crippen LogP contribution in [0.5, 0.6) is 0 Å². The maximum atomic E-state index is 13.1. The maximum absolute atomic E-state index is 13.1. The second kappa shape index (κ2) is 6.54. The van der Waals surface area contributed by atoms with Gasteiger partial charge in [-0.05, 0) is 29.8 Å². The van der Waals surface area contributed by atoms with Crippen molar-refractivity contribution >= 4 is 5.91 Å². The summed E-state index contributed by atoms with van der Waals surface area (Å²) in [6, 6.07) is 7.38. The van der Waals surface area contributed by atoms with E-state index in [1.54, 1.807) is 5.32 Å². The molecule has 0 radical (unpaired) electrons. The molecule has 24 heavy (non-hydrogen) atoms. The van der Waals surface area contributed by atoms with E-state index < -0.39 is 29.9 Å². The van der Waals surface area contributed by atoms with Crippen molar-refractivity contribution in [3.8, 4) is 0 Å². The van der Waals surface area contributed by atoms with Gasteiger partial charge in [0.2, 0.25) is 0 Å². The van der Waals surface area contributed by atoms with E-state index in [1.165, 1.54) is 30.3 Å². The minimum atomic E-state index is -4.75. The highest BCUT2D eigenvalue weighted by molar-refractivity contribution is 5.94. The van der Waals surface area contributed by atoms with Gasteiger partial charge in [0.25, 0.3) is 5.91 Å². The van der Waals surface area contributed by atoms with E-state index in [1.807, 2.05) is 0 Å². The molecule has 1 atom stereocenters. The predicted octanol–water partition coefficient (Wildman–Crippen LogP) is 4.74. The van der Waals surface area contributed by atoms with E-state index in [0.717, 1.165) is 12.1 Å². The van der Waals surface area contributed by atoms with Crippen molar-refractivity contribution in [3.63, 3.8) is 0 Å². The Kier molecular flexibility index (Phi) is 4.86. The normalized spacial score (nSPS) is 13.4. The van der Waals surface area contributed by atoms with E-state index in [4.69, 9.17) is 0 Å². The van der Waals surface area contributed by atoms with Crippen molar-refractivity contribution in [1.29, 1.82) is 0 Å². The van der Waals surface area contributed by atoms with Crippen LogP contribution < -0.4 is 5.32 Å². The number of benzene rings is 2. The van der Waals surface area contributed by atoms with Gasteiger partial charge in [-0.1, -0.05) is 30.3 Å². The summed E-state index contributed by atoms with van der Waals surface area (Å²) in [5, 5.41) is 1.80. The van der Waals surface area contributed by atoms with Crippen LogP contribution in [-0.2, 0) is 6.18 Å². The summed E-state index contributed by atoms with van der Waals surface area (Å²) >= 11 is 0. The molecular formula is C16H11F6NO. The smallest absolute Gasteiger partial charge is 0.337 e. The van der Waals surface area contributed by atoms with E-state index in [-0.39, 0.29) is 11.1 Å². The standard InChI is InChI=1S/C16H11F6NO/c17-15(18,19)12-8-6-11(7-9-12)14(24)23-13(16(20,21)22)10-4-2-1-3-5-10/h1-9,13H,(H,23,24)/t13-/m0/s1. The number of carbonyl (C=O) groups excluding carboxylic acids is 1. The molecule has 2 aromatic carbocycles. The number of amides is 1. The highest BCUT2D eigenvalue weighted by atomic mass is 19.4. The van der Waals surface area contributed by atoms with Crippen LogP contribution in [0, 0.1) is 0 Å². The summed E-state index contributed by atoms with van der Waals surface area (Å²) < 4.78 is 76.8. The molecule has 0 bridgehead atoms. The number of alkyl halides is 6. The molecule has 2 nitrogen and oxygen atoms in total. The summed E-state index contributed by atoms with van der Waals surface area (Å²) in [6.45, 7) is 0. The molecule has 128 valence electrons. The zero-order valence-electron chi connectivity index (χ0n) is 11.9. The fourth-order valence-corrected chi connectivity index (χ4v) is 2.02. The number of nitrogens with one attached hydrogen (secondary N) is 1. The van der Waals surface area contributed by atoms with Crippen molar-refractivity contribution in [1.82, 2.24) is 5.32 Å². The Morgan fingerprint density at radius 3 is 1.83 bits per heavy atom. The van der Waals surface area contributed by atoms with Gasteiger partial charge in [-0.25, -0.2) is 0 Å². The number of hydrogen-bond acceptors (Lipinski definition) is 1. The van der Waals surface area contributed by atoms with Crippen LogP contribution in [-0.4, -0.2) is 12.1 Å². The third kappa shape index (κ3) is 4.27. The topological polar surface area (TPSA) is 29.1 Å². The third-order valence-corrected chi connectivity index (χ3v) is 3.21. The summed E-state index contributed by atoms with van der Waals surface area (Å²) in [6.07, 6.45) is -9.34. The fourth-order valence-electron chi connectivity index (χ4n) is 2.02. The van der Waals surface area contributed by atoms with Crippen molar-refractivity contribution in [2.24, 2.45) is 0 Å². The van der Waals surface area contributed by atoms with Crippen LogP contribution in [0.4, 0.5) is 26.3 Å². The lowest BCUT2D eigenvalue weighted by atomic mass is 10.1. The third-order valence-electron chi connectivity index (χ3n) is 3.21. The van der Waals surface area contributed by atoms with Gasteiger partial charge in [0, 0.05) is 5.56 Å². The van der Waals surface area contributed by atoms with Crippen LogP contribution in [0.15, 0.2) is 54.6 Å². The first-order valence-corrected chi connectivity index (χ1v) is 6.69. The molecule has 0 aromatic heterocycles. The minimum Gasteiger partial charge on any atom is -0.337 e. The highest BCUT2D eigenvalue weighted by Gasteiger charge is 2.42. The summed E-state index contributed by atoms with van der Waals surface area (Å²) in [7, 11) is 0. The van der Waals surface area contributed by atoms with Gasteiger partial charge in [-0.2, -0.15) is 26.3 Å². The number of halogens is 6. The molecule has 8 heteroatoms. The van der Waals surface area contributed by atoms with Crippen LogP contribution in [0.2, 0.25) is 0 Å². The Morgan fingerprint density at radius 2 is 1.38 bits per heavy atom. The molecule has 0 aliphatic heterocycles. The van der Waals surface area contributed by atoms with Gasteiger partial charge < -0.3 is 5.32 Å². The Bertz CT molecular complexity index is 691. The lowest BCUT2D eigenvalue weighted by molar-refractivity contribution is -0.155. The van der Waals surface area contributed by atoms with Crippen molar-refractivity contribution in [2.45, 2.75) is 18.4 Å². The molecule has 0 saturated carbocycles. The number of rotatable bonds is 3. The van der Waals surface area contributed by atoms with Crippen LogP contribution in [0.25, 0.3) is 0 Å². The molecule has 0 saturated heterocycles. The van der Waals surface area contributed by atoms with E-state index in [9.17, 15) is 31.1 Å². The quantitative estimate of drug-likeness (QED) is 0.799. The van der Waals surface area contributed by atoms with E-state index in [0.29, 0.717) is 12.1 Å². The van der Waals surface area contributed by atoms with Crippen molar-refractivity contribution in [3.05, 3.63) is 71.3 Å². The largest absolute Gasteiger partial charge is 0.416 e. The molecule has 0 spiro atoms.